The maximum atomic E-state index is 12.2. The van der Waals surface area contributed by atoms with Gasteiger partial charge in [0, 0.05) is 19.0 Å². The molecule has 0 radical (unpaired) electrons. The average molecular weight is 231 g/mol. The molecule has 0 saturated carbocycles. The molecule has 0 atom stereocenters. The third-order valence-electron chi connectivity index (χ3n) is 1.79. The zero-order valence-corrected chi connectivity index (χ0v) is 8.36. The molecule has 0 amide bonds. The SMILES string of the molecule is O=C(O)CCCNc1cc(C(F)F)ncn1. The highest BCUT2D eigenvalue weighted by Gasteiger charge is 2.09. The van der Waals surface area contributed by atoms with Gasteiger partial charge in [0.1, 0.15) is 17.8 Å². The van der Waals surface area contributed by atoms with E-state index in [-0.39, 0.29) is 17.9 Å². The molecule has 0 spiro atoms. The van der Waals surface area contributed by atoms with Crippen LogP contribution < -0.4 is 5.32 Å². The molecule has 0 aromatic carbocycles. The molecule has 1 rings (SSSR count). The molecule has 7 heteroatoms. The lowest BCUT2D eigenvalue weighted by molar-refractivity contribution is -0.137. The molecule has 0 aliphatic heterocycles. The minimum atomic E-state index is -2.64. The fourth-order valence-electron chi connectivity index (χ4n) is 1.04. The van der Waals surface area contributed by atoms with Crippen molar-refractivity contribution in [3.63, 3.8) is 0 Å². The van der Waals surface area contributed by atoms with Crippen LogP contribution in [0.4, 0.5) is 14.6 Å². The summed E-state index contributed by atoms with van der Waals surface area (Å²) in [5.41, 5.74) is -0.351. The number of hydrogen-bond acceptors (Lipinski definition) is 4. The third-order valence-corrected chi connectivity index (χ3v) is 1.79. The Labute approximate surface area is 90.5 Å². The Hall–Kier alpha value is -1.79. The highest BCUT2D eigenvalue weighted by molar-refractivity contribution is 5.66. The third kappa shape index (κ3) is 4.16. The average Bonchev–Trinajstić information content (AvgIpc) is 2.24. The summed E-state index contributed by atoms with van der Waals surface area (Å²) in [7, 11) is 0. The van der Waals surface area contributed by atoms with Gasteiger partial charge in [0.25, 0.3) is 6.43 Å². The van der Waals surface area contributed by atoms with Gasteiger partial charge in [-0.1, -0.05) is 0 Å². The lowest BCUT2D eigenvalue weighted by atomic mass is 10.3. The maximum absolute atomic E-state index is 12.2. The van der Waals surface area contributed by atoms with Crippen molar-refractivity contribution in [2.24, 2.45) is 0 Å². The van der Waals surface area contributed by atoms with E-state index in [1.165, 1.54) is 0 Å². The predicted molar refractivity (Wildman–Crippen MR) is 52.3 cm³/mol. The smallest absolute Gasteiger partial charge is 0.303 e. The van der Waals surface area contributed by atoms with E-state index in [2.05, 4.69) is 15.3 Å². The van der Waals surface area contributed by atoms with Crippen molar-refractivity contribution in [1.29, 1.82) is 0 Å². The Bertz CT molecular complexity index is 360. The van der Waals surface area contributed by atoms with Crippen LogP contribution in [-0.4, -0.2) is 27.6 Å². The molecule has 2 N–H and O–H groups in total. The highest BCUT2D eigenvalue weighted by atomic mass is 19.3. The summed E-state index contributed by atoms with van der Waals surface area (Å²) >= 11 is 0. The molecular formula is C9H11F2N3O2. The molecule has 1 aromatic rings. The minimum Gasteiger partial charge on any atom is -0.481 e. The summed E-state index contributed by atoms with van der Waals surface area (Å²) < 4.78 is 24.5. The van der Waals surface area contributed by atoms with E-state index in [4.69, 9.17) is 5.11 Å². The van der Waals surface area contributed by atoms with E-state index in [0.29, 0.717) is 13.0 Å². The molecule has 0 saturated heterocycles. The van der Waals surface area contributed by atoms with Crippen LogP contribution in [0, 0.1) is 0 Å². The summed E-state index contributed by atoms with van der Waals surface area (Å²) in [5.74, 6) is -0.617. The molecule has 16 heavy (non-hydrogen) atoms. The van der Waals surface area contributed by atoms with Crippen molar-refractivity contribution in [2.75, 3.05) is 11.9 Å². The van der Waals surface area contributed by atoms with Crippen LogP contribution in [0.2, 0.25) is 0 Å². The van der Waals surface area contributed by atoms with Gasteiger partial charge < -0.3 is 10.4 Å². The van der Waals surface area contributed by atoms with E-state index in [0.717, 1.165) is 12.4 Å². The number of rotatable bonds is 6. The van der Waals surface area contributed by atoms with Crippen LogP contribution in [0.1, 0.15) is 25.0 Å². The van der Waals surface area contributed by atoms with Crippen molar-refractivity contribution in [3.05, 3.63) is 18.1 Å². The number of anilines is 1. The molecule has 0 unspecified atom stereocenters. The van der Waals surface area contributed by atoms with Crippen molar-refractivity contribution in [2.45, 2.75) is 19.3 Å². The molecule has 1 aromatic heterocycles. The first-order valence-corrected chi connectivity index (χ1v) is 4.65. The molecule has 88 valence electrons. The van der Waals surface area contributed by atoms with Gasteiger partial charge in [-0.25, -0.2) is 18.7 Å². The summed E-state index contributed by atoms with van der Waals surface area (Å²) in [5, 5.41) is 11.1. The van der Waals surface area contributed by atoms with E-state index in [1.807, 2.05) is 0 Å². The zero-order chi connectivity index (χ0) is 12.0. The van der Waals surface area contributed by atoms with Crippen molar-refractivity contribution in [1.82, 2.24) is 9.97 Å². The Morgan fingerprint density at radius 1 is 1.50 bits per heavy atom. The van der Waals surface area contributed by atoms with Crippen molar-refractivity contribution >= 4 is 11.8 Å². The standard InChI is InChI=1S/C9H11F2N3O2/c10-9(11)6-4-7(14-5-13-6)12-3-1-2-8(15)16/h4-5,9H,1-3H2,(H,15,16)(H,12,13,14). The van der Waals surface area contributed by atoms with Crippen molar-refractivity contribution in [3.8, 4) is 0 Å². The normalized spacial score (nSPS) is 10.4. The first-order chi connectivity index (χ1) is 7.59. The van der Waals surface area contributed by atoms with Gasteiger partial charge in [-0.05, 0) is 6.42 Å². The highest BCUT2D eigenvalue weighted by Crippen LogP contribution is 2.17. The van der Waals surface area contributed by atoms with Gasteiger partial charge in [-0.3, -0.25) is 4.79 Å². The number of alkyl halides is 2. The topological polar surface area (TPSA) is 75.1 Å². The number of nitrogens with one attached hydrogen (secondary N) is 1. The summed E-state index contributed by atoms with van der Waals surface area (Å²) in [6.45, 7) is 0.367. The van der Waals surface area contributed by atoms with E-state index >= 15 is 0 Å². The van der Waals surface area contributed by atoms with E-state index < -0.39 is 12.4 Å². The number of aromatic nitrogens is 2. The Kier molecular flexibility index (Phi) is 4.56. The summed E-state index contributed by atoms with van der Waals surface area (Å²) in [4.78, 5) is 17.3. The van der Waals surface area contributed by atoms with Crippen LogP contribution in [0.25, 0.3) is 0 Å². The van der Waals surface area contributed by atoms with Gasteiger partial charge in [0.2, 0.25) is 0 Å². The first-order valence-electron chi connectivity index (χ1n) is 4.65. The van der Waals surface area contributed by atoms with E-state index in [9.17, 15) is 13.6 Å². The number of halogens is 2. The van der Waals surface area contributed by atoms with Gasteiger partial charge >= 0.3 is 5.97 Å². The zero-order valence-electron chi connectivity index (χ0n) is 8.36. The van der Waals surface area contributed by atoms with Crippen LogP contribution in [0.15, 0.2) is 12.4 Å². The summed E-state index contributed by atoms with van der Waals surface area (Å²) in [6.07, 6.45) is -1.16. The van der Waals surface area contributed by atoms with Crippen LogP contribution in [0.3, 0.4) is 0 Å². The number of hydrogen-bond donors (Lipinski definition) is 2. The second kappa shape index (κ2) is 5.94. The predicted octanol–water partition coefficient (Wildman–Crippen LogP) is 1.69. The van der Waals surface area contributed by atoms with Gasteiger partial charge in [0.15, 0.2) is 0 Å². The number of aliphatic carboxylic acids is 1. The molecule has 1 heterocycles. The molecule has 0 fully saturated rings. The largest absolute Gasteiger partial charge is 0.481 e. The lowest BCUT2D eigenvalue weighted by Crippen LogP contribution is -2.07. The number of carboxylic acids is 1. The molecule has 0 aliphatic carbocycles. The Morgan fingerprint density at radius 2 is 2.25 bits per heavy atom. The molecular weight excluding hydrogens is 220 g/mol. The Balaban J connectivity index is 2.42. The van der Waals surface area contributed by atoms with Gasteiger partial charge in [-0.2, -0.15) is 0 Å². The van der Waals surface area contributed by atoms with Crippen molar-refractivity contribution < 1.29 is 18.7 Å². The second-order valence-electron chi connectivity index (χ2n) is 3.05. The number of nitrogens with zero attached hydrogens (tertiary/aromatic N) is 2. The minimum absolute atomic E-state index is 0.0276. The van der Waals surface area contributed by atoms with Gasteiger partial charge in [0.05, 0.1) is 0 Å². The first kappa shape index (κ1) is 12.3. The van der Waals surface area contributed by atoms with Gasteiger partial charge in [-0.15, -0.1) is 0 Å². The maximum Gasteiger partial charge on any atom is 0.303 e. The van der Waals surface area contributed by atoms with E-state index in [1.54, 1.807) is 0 Å². The lowest BCUT2D eigenvalue weighted by Gasteiger charge is -2.05. The molecule has 0 aliphatic rings. The number of carboxylic acid groups (broad SMARTS) is 1. The van der Waals surface area contributed by atoms with Crippen LogP contribution in [0.5, 0.6) is 0 Å². The Morgan fingerprint density at radius 3 is 2.88 bits per heavy atom. The fourth-order valence-corrected chi connectivity index (χ4v) is 1.04. The van der Waals surface area contributed by atoms with Crippen LogP contribution in [-0.2, 0) is 4.79 Å². The van der Waals surface area contributed by atoms with Crippen LogP contribution >= 0.6 is 0 Å². The second-order valence-corrected chi connectivity index (χ2v) is 3.05. The molecule has 5 nitrogen and oxygen atoms in total. The quantitative estimate of drug-likeness (QED) is 0.728. The monoisotopic (exact) mass is 231 g/mol. The summed E-state index contributed by atoms with van der Waals surface area (Å²) in [6, 6.07) is 1.14. The fraction of sp³-hybridized carbons (Fsp3) is 0.444. The molecule has 0 bridgehead atoms. The number of carbonyl (C=O) groups is 1.